The number of amides is 1. The molecule has 1 amide bonds. The molecule has 0 spiro atoms. The Morgan fingerprint density at radius 3 is 2.46 bits per heavy atom. The van der Waals surface area contributed by atoms with Gasteiger partial charge in [-0.2, -0.15) is 5.10 Å². The van der Waals surface area contributed by atoms with E-state index in [1.165, 1.54) is 0 Å². The van der Waals surface area contributed by atoms with E-state index in [2.05, 4.69) is 24.4 Å². The van der Waals surface area contributed by atoms with E-state index in [-0.39, 0.29) is 17.1 Å². The van der Waals surface area contributed by atoms with E-state index in [1.807, 2.05) is 67.2 Å². The average molecular weight is 391 g/mol. The molecule has 0 radical (unpaired) electrons. The lowest BCUT2D eigenvalue weighted by molar-refractivity contribution is -0.118. The zero-order valence-corrected chi connectivity index (χ0v) is 16.9. The third kappa shape index (κ3) is 3.73. The van der Waals surface area contributed by atoms with Crippen LogP contribution in [0.4, 0.5) is 5.69 Å². The summed E-state index contributed by atoms with van der Waals surface area (Å²) in [5, 5.41) is 8.83. The zero-order chi connectivity index (χ0) is 19.7. The van der Waals surface area contributed by atoms with Gasteiger partial charge in [-0.15, -0.1) is 0 Å². The van der Waals surface area contributed by atoms with Crippen molar-refractivity contribution in [1.29, 1.82) is 0 Å². The monoisotopic (exact) mass is 390 g/mol. The van der Waals surface area contributed by atoms with Crippen LogP contribution in [0.3, 0.4) is 0 Å². The van der Waals surface area contributed by atoms with Gasteiger partial charge in [0.1, 0.15) is 0 Å². The number of nitrogens with zero attached hydrogens (tertiary/aromatic N) is 3. The molecule has 0 saturated carbocycles. The molecule has 4 rings (SSSR count). The highest BCUT2D eigenvalue weighted by Gasteiger charge is 2.24. The Morgan fingerprint density at radius 2 is 1.79 bits per heavy atom. The normalized spacial score (nSPS) is 15.9. The zero-order valence-electron chi connectivity index (χ0n) is 16.1. The predicted octanol–water partition coefficient (Wildman–Crippen LogP) is 4.89. The number of hydrogen-bond acceptors (Lipinski definition) is 4. The summed E-state index contributed by atoms with van der Waals surface area (Å²) in [6.07, 6.45) is 1.97. The van der Waals surface area contributed by atoms with Crippen LogP contribution in [0, 0.1) is 5.92 Å². The first kappa shape index (κ1) is 18.5. The second kappa shape index (κ2) is 7.64. The number of nitrogens with one attached hydrogen (secondary N) is 1. The molecule has 5 nitrogen and oxygen atoms in total. The number of anilines is 1. The minimum atomic E-state index is -0.0442. The van der Waals surface area contributed by atoms with Crippen LogP contribution in [0.1, 0.15) is 26.3 Å². The van der Waals surface area contributed by atoms with E-state index in [9.17, 15) is 4.79 Å². The lowest BCUT2D eigenvalue weighted by atomic mass is 10.1. The fraction of sp³-hybridized carbons (Fsp3) is 0.227. The van der Waals surface area contributed by atoms with Gasteiger partial charge in [0.05, 0.1) is 22.9 Å². The van der Waals surface area contributed by atoms with Crippen LogP contribution in [0.5, 0.6) is 0 Å². The Hall–Kier alpha value is -2.86. The number of rotatable bonds is 4. The molecule has 1 atom stereocenters. The number of thioether (sulfide) groups is 1. The summed E-state index contributed by atoms with van der Waals surface area (Å²) in [6, 6.07) is 18.0. The Bertz CT molecular complexity index is 1020. The van der Waals surface area contributed by atoms with Gasteiger partial charge in [-0.25, -0.2) is 9.66 Å². The molecule has 0 saturated heterocycles. The Labute approximate surface area is 168 Å². The summed E-state index contributed by atoms with van der Waals surface area (Å²) in [4.78, 5) is 16.6. The van der Waals surface area contributed by atoms with Crippen LogP contribution in [0.2, 0.25) is 0 Å². The lowest BCUT2D eigenvalue weighted by Crippen LogP contribution is -2.21. The molecular weight excluding hydrogens is 368 g/mol. The molecule has 1 aliphatic heterocycles. The molecule has 3 aromatic rings. The maximum Gasteiger partial charge on any atom is 0.226 e. The standard InChI is InChI=1S/C22H22N4OS/c1-14(2)21(27)23-18-11-9-17(10-12-18)20-15(3)28-22-24-19(13-26(22)25-20)16-7-5-4-6-8-16/h4-15H,1-3H3,(H,23,27)/t15-/m0/s1. The van der Waals surface area contributed by atoms with Crippen LogP contribution < -0.4 is 5.32 Å². The fourth-order valence-electron chi connectivity index (χ4n) is 2.97. The SMILES string of the molecule is CC(C)C(=O)Nc1ccc(C2=Nn3cc(-c4ccccc4)nc3S[C@H]2C)cc1. The van der Waals surface area contributed by atoms with Crippen LogP contribution in [0.15, 0.2) is 71.1 Å². The molecule has 1 N–H and O–H groups in total. The first-order chi connectivity index (χ1) is 13.5. The molecule has 28 heavy (non-hydrogen) atoms. The van der Waals surface area contributed by atoms with Crippen molar-refractivity contribution in [3.63, 3.8) is 0 Å². The molecule has 0 unspecified atom stereocenters. The van der Waals surface area contributed by atoms with Crippen molar-refractivity contribution in [3.05, 3.63) is 66.4 Å². The maximum atomic E-state index is 11.9. The third-order valence-corrected chi connectivity index (χ3v) is 5.65. The number of fused-ring (bicyclic) bond motifs is 1. The van der Waals surface area contributed by atoms with Crippen molar-refractivity contribution in [3.8, 4) is 11.3 Å². The quantitative estimate of drug-likeness (QED) is 0.690. The van der Waals surface area contributed by atoms with Gasteiger partial charge >= 0.3 is 0 Å². The summed E-state index contributed by atoms with van der Waals surface area (Å²) < 4.78 is 1.86. The largest absolute Gasteiger partial charge is 0.326 e. The van der Waals surface area contributed by atoms with Gasteiger partial charge < -0.3 is 5.32 Å². The maximum absolute atomic E-state index is 11.9. The minimum absolute atomic E-state index is 0.0168. The summed E-state index contributed by atoms with van der Waals surface area (Å²) in [5.74, 6) is -0.0273. The average Bonchev–Trinajstić information content (AvgIpc) is 3.11. The molecular formula is C22H22N4OS. The molecule has 1 aliphatic rings. The first-order valence-corrected chi connectivity index (χ1v) is 10.2. The molecule has 6 heteroatoms. The number of hydrogen-bond donors (Lipinski definition) is 1. The lowest BCUT2D eigenvalue weighted by Gasteiger charge is -2.19. The smallest absolute Gasteiger partial charge is 0.226 e. The Morgan fingerprint density at radius 1 is 1.07 bits per heavy atom. The second-order valence-corrected chi connectivity index (χ2v) is 8.39. The van der Waals surface area contributed by atoms with Crippen LogP contribution in [-0.4, -0.2) is 26.5 Å². The van der Waals surface area contributed by atoms with Gasteiger partial charge in [-0.3, -0.25) is 4.79 Å². The molecule has 0 aliphatic carbocycles. The van der Waals surface area contributed by atoms with Gasteiger partial charge in [0, 0.05) is 17.2 Å². The van der Waals surface area contributed by atoms with Crippen LogP contribution >= 0.6 is 11.8 Å². The van der Waals surface area contributed by atoms with Gasteiger partial charge in [0.2, 0.25) is 5.91 Å². The summed E-state index contributed by atoms with van der Waals surface area (Å²) in [6.45, 7) is 5.90. The number of benzene rings is 2. The molecule has 0 bridgehead atoms. The van der Waals surface area contributed by atoms with Gasteiger partial charge in [-0.05, 0) is 24.6 Å². The van der Waals surface area contributed by atoms with E-state index in [4.69, 9.17) is 10.1 Å². The minimum Gasteiger partial charge on any atom is -0.326 e. The highest BCUT2D eigenvalue weighted by molar-refractivity contribution is 8.00. The molecule has 1 aromatic heterocycles. The van der Waals surface area contributed by atoms with Crippen molar-refractivity contribution < 1.29 is 4.79 Å². The van der Waals surface area contributed by atoms with E-state index in [1.54, 1.807) is 11.8 Å². The van der Waals surface area contributed by atoms with Crippen LogP contribution in [0.25, 0.3) is 11.3 Å². The Balaban J connectivity index is 1.60. The number of imidazole rings is 1. The summed E-state index contributed by atoms with van der Waals surface area (Å²) in [7, 11) is 0. The van der Waals surface area contributed by atoms with Gasteiger partial charge in [0.25, 0.3) is 0 Å². The van der Waals surface area contributed by atoms with E-state index < -0.39 is 0 Å². The first-order valence-electron chi connectivity index (χ1n) is 9.33. The van der Waals surface area contributed by atoms with Crippen molar-refractivity contribution in [2.75, 3.05) is 5.32 Å². The molecule has 0 fully saturated rings. The summed E-state index contributed by atoms with van der Waals surface area (Å²) >= 11 is 1.70. The van der Waals surface area contributed by atoms with Crippen molar-refractivity contribution >= 4 is 29.1 Å². The van der Waals surface area contributed by atoms with Crippen molar-refractivity contribution in [1.82, 2.24) is 9.66 Å². The number of aromatic nitrogens is 2. The highest BCUT2D eigenvalue weighted by atomic mass is 32.2. The van der Waals surface area contributed by atoms with Crippen molar-refractivity contribution in [2.45, 2.75) is 31.2 Å². The van der Waals surface area contributed by atoms with Gasteiger partial charge in [0.15, 0.2) is 5.16 Å². The molecule has 142 valence electrons. The van der Waals surface area contributed by atoms with Crippen LogP contribution in [-0.2, 0) is 4.79 Å². The topological polar surface area (TPSA) is 59.3 Å². The third-order valence-electron chi connectivity index (χ3n) is 4.58. The molecule has 2 aromatic carbocycles. The number of carbonyl (C=O) groups excluding carboxylic acids is 1. The predicted molar refractivity (Wildman–Crippen MR) is 115 cm³/mol. The Kier molecular flexibility index (Phi) is 5.05. The van der Waals surface area contributed by atoms with E-state index >= 15 is 0 Å². The second-order valence-electron chi connectivity index (χ2n) is 7.09. The van der Waals surface area contributed by atoms with Gasteiger partial charge in [-0.1, -0.05) is 68.1 Å². The van der Waals surface area contributed by atoms with Crippen molar-refractivity contribution in [2.24, 2.45) is 11.0 Å². The van der Waals surface area contributed by atoms with E-state index in [0.29, 0.717) is 0 Å². The summed E-state index contributed by atoms with van der Waals surface area (Å²) in [5.41, 5.74) is 4.85. The molecule has 2 heterocycles. The highest BCUT2D eigenvalue weighted by Crippen LogP contribution is 2.32. The number of carbonyl (C=O) groups is 1. The van der Waals surface area contributed by atoms with E-state index in [0.717, 1.165) is 33.4 Å². The fourth-order valence-corrected chi connectivity index (χ4v) is 3.93.